The Kier molecular flexibility index (Phi) is 6.46. The third kappa shape index (κ3) is 5.03. The lowest BCUT2D eigenvalue weighted by molar-refractivity contribution is -0.141. The van der Waals surface area contributed by atoms with Crippen LogP contribution in [0.4, 0.5) is 13.2 Å². The number of aryl methyl sites for hydroxylation is 1. The molecule has 0 amide bonds. The molecule has 2 aliphatic heterocycles. The number of aromatic nitrogens is 3. The Labute approximate surface area is 200 Å². The van der Waals surface area contributed by atoms with Crippen LogP contribution in [-0.2, 0) is 17.6 Å². The third-order valence-corrected chi connectivity index (χ3v) is 7.38. The number of thiazole rings is 1. The molecule has 2 aliphatic rings. The number of nitrogens with one attached hydrogen (secondary N) is 1. The van der Waals surface area contributed by atoms with Crippen molar-refractivity contribution < 1.29 is 18.0 Å². The van der Waals surface area contributed by atoms with Gasteiger partial charge in [-0.25, -0.2) is 4.98 Å². The van der Waals surface area contributed by atoms with Crippen LogP contribution in [0.3, 0.4) is 0 Å². The van der Waals surface area contributed by atoms with Crippen LogP contribution in [0.1, 0.15) is 52.5 Å². The fourth-order valence-electron chi connectivity index (χ4n) is 4.40. The second-order valence-electron chi connectivity index (χ2n) is 8.71. The summed E-state index contributed by atoms with van der Waals surface area (Å²) in [5, 5.41) is 6.92. The molecule has 1 atom stereocenters. The predicted octanol–water partition coefficient (Wildman–Crippen LogP) is 5.16. The lowest BCUT2D eigenvalue weighted by Gasteiger charge is -2.31. The summed E-state index contributed by atoms with van der Waals surface area (Å²) in [5.41, 5.74) is 5.60. The Balaban J connectivity index is 1.14. The second-order valence-corrected chi connectivity index (χ2v) is 9.60. The van der Waals surface area contributed by atoms with Gasteiger partial charge in [-0.3, -0.25) is 15.0 Å². The van der Waals surface area contributed by atoms with Crippen molar-refractivity contribution >= 4 is 17.0 Å². The first-order chi connectivity index (χ1) is 16.4. The zero-order chi connectivity index (χ0) is 23.7. The molecule has 1 fully saturated rings. The number of piperidine rings is 1. The minimum absolute atomic E-state index is 0.129. The number of halogens is 3. The Morgan fingerprint density at radius 1 is 1.15 bits per heavy atom. The van der Waals surface area contributed by atoms with E-state index in [-0.39, 0.29) is 6.10 Å². The highest BCUT2D eigenvalue weighted by Crippen LogP contribution is 2.34. The number of hydrogen-bond donors (Lipinski definition) is 1. The van der Waals surface area contributed by atoms with Crippen molar-refractivity contribution in [3.05, 3.63) is 75.5 Å². The van der Waals surface area contributed by atoms with Crippen LogP contribution < -0.4 is 5.48 Å². The molecule has 10 heteroatoms. The van der Waals surface area contributed by atoms with Gasteiger partial charge < -0.3 is 4.90 Å². The van der Waals surface area contributed by atoms with E-state index in [1.54, 1.807) is 18.3 Å². The SMILES string of the molecule is Cc1cc(C(F)(F)F)nn1CCN1CCC(c2nc(C3=CC(c4ccccc4)ON3)cs2)CC1. The van der Waals surface area contributed by atoms with Crippen LogP contribution in [0.25, 0.3) is 5.70 Å². The monoisotopic (exact) mass is 489 g/mol. The quantitative estimate of drug-likeness (QED) is 0.518. The molecular weight excluding hydrogens is 463 g/mol. The van der Waals surface area contributed by atoms with Crippen molar-refractivity contribution in [1.82, 2.24) is 25.1 Å². The summed E-state index contributed by atoms with van der Waals surface area (Å²) in [6.07, 6.45) is -0.518. The number of nitrogens with zero attached hydrogens (tertiary/aromatic N) is 4. The standard InChI is InChI=1S/C24H26F3N5OS/c1-16-13-22(24(25,26)27)29-32(16)12-11-31-9-7-18(8-10-31)23-28-20(15-34-23)19-14-21(33-30-19)17-5-3-2-4-6-17/h2-6,13-15,18,21,30H,7-12H2,1H3. The van der Waals surface area contributed by atoms with Crippen molar-refractivity contribution in [2.75, 3.05) is 19.6 Å². The number of hydroxylamine groups is 1. The molecule has 3 aromatic rings. The van der Waals surface area contributed by atoms with Crippen LogP contribution in [-0.4, -0.2) is 39.3 Å². The van der Waals surface area contributed by atoms with Crippen molar-refractivity contribution in [3.63, 3.8) is 0 Å². The van der Waals surface area contributed by atoms with E-state index < -0.39 is 11.9 Å². The van der Waals surface area contributed by atoms with Crippen molar-refractivity contribution in [2.45, 2.75) is 44.5 Å². The summed E-state index contributed by atoms with van der Waals surface area (Å²) in [5.74, 6) is 0.395. The smallest absolute Gasteiger partial charge is 0.301 e. The van der Waals surface area contributed by atoms with Gasteiger partial charge in [0.25, 0.3) is 0 Å². The average molecular weight is 490 g/mol. The van der Waals surface area contributed by atoms with E-state index in [0.29, 0.717) is 24.7 Å². The van der Waals surface area contributed by atoms with Crippen LogP contribution in [0.5, 0.6) is 0 Å². The Morgan fingerprint density at radius 2 is 1.91 bits per heavy atom. The first-order valence-electron chi connectivity index (χ1n) is 11.3. The largest absolute Gasteiger partial charge is 0.435 e. The Hall–Kier alpha value is -2.69. The van der Waals surface area contributed by atoms with E-state index in [1.807, 2.05) is 30.3 Å². The van der Waals surface area contributed by atoms with Gasteiger partial charge in [-0.1, -0.05) is 30.3 Å². The van der Waals surface area contributed by atoms with Gasteiger partial charge in [-0.15, -0.1) is 11.3 Å². The van der Waals surface area contributed by atoms with E-state index in [9.17, 15) is 13.2 Å². The number of alkyl halides is 3. The average Bonchev–Trinajstić information content (AvgIpc) is 3.58. The molecule has 1 aromatic carbocycles. The number of hydrogen-bond acceptors (Lipinski definition) is 6. The van der Waals surface area contributed by atoms with E-state index >= 15 is 0 Å². The van der Waals surface area contributed by atoms with Gasteiger partial charge in [0, 0.05) is 23.5 Å². The fourth-order valence-corrected chi connectivity index (χ4v) is 5.40. The zero-order valence-corrected chi connectivity index (χ0v) is 19.6. The van der Waals surface area contributed by atoms with Crippen LogP contribution in [0, 0.1) is 6.92 Å². The van der Waals surface area contributed by atoms with Gasteiger partial charge in [0.1, 0.15) is 6.10 Å². The molecule has 1 N–H and O–H groups in total. The van der Waals surface area contributed by atoms with E-state index in [1.165, 1.54) is 4.68 Å². The van der Waals surface area contributed by atoms with Crippen molar-refractivity contribution in [1.29, 1.82) is 0 Å². The van der Waals surface area contributed by atoms with Gasteiger partial charge in [0.2, 0.25) is 0 Å². The molecule has 2 aromatic heterocycles. The van der Waals surface area contributed by atoms with Crippen molar-refractivity contribution in [3.8, 4) is 0 Å². The maximum atomic E-state index is 12.9. The van der Waals surface area contributed by atoms with Gasteiger partial charge in [-0.05, 0) is 50.6 Å². The summed E-state index contributed by atoms with van der Waals surface area (Å²) in [6.45, 7) is 4.59. The van der Waals surface area contributed by atoms with Gasteiger partial charge >= 0.3 is 6.18 Å². The van der Waals surface area contributed by atoms with E-state index in [0.717, 1.165) is 54.0 Å². The van der Waals surface area contributed by atoms with E-state index in [4.69, 9.17) is 9.82 Å². The molecule has 5 rings (SSSR count). The summed E-state index contributed by atoms with van der Waals surface area (Å²) >= 11 is 1.67. The fraction of sp³-hybridized carbons (Fsp3) is 0.417. The molecule has 0 spiro atoms. The maximum Gasteiger partial charge on any atom is 0.435 e. The molecule has 180 valence electrons. The molecule has 34 heavy (non-hydrogen) atoms. The normalized spacial score (nSPS) is 19.9. The zero-order valence-electron chi connectivity index (χ0n) is 18.8. The number of benzene rings is 1. The molecule has 0 saturated carbocycles. The van der Waals surface area contributed by atoms with Gasteiger partial charge in [-0.2, -0.15) is 18.3 Å². The predicted molar refractivity (Wildman–Crippen MR) is 124 cm³/mol. The molecule has 1 unspecified atom stereocenters. The van der Waals surface area contributed by atoms with Gasteiger partial charge in [0.05, 0.1) is 22.9 Å². The summed E-state index contributed by atoms with van der Waals surface area (Å²) in [7, 11) is 0. The minimum atomic E-state index is -4.40. The van der Waals surface area contributed by atoms with Gasteiger partial charge in [0.15, 0.2) is 5.69 Å². The van der Waals surface area contributed by atoms with Crippen LogP contribution >= 0.6 is 11.3 Å². The second kappa shape index (κ2) is 9.52. The molecule has 0 radical (unpaired) electrons. The first kappa shape index (κ1) is 23.1. The minimum Gasteiger partial charge on any atom is -0.301 e. The number of likely N-dealkylation sites (tertiary alicyclic amines) is 1. The molecule has 4 heterocycles. The van der Waals surface area contributed by atoms with Crippen LogP contribution in [0.15, 0.2) is 47.9 Å². The molecule has 6 nitrogen and oxygen atoms in total. The molecular formula is C24H26F3N5OS. The topological polar surface area (TPSA) is 55.2 Å². The summed E-state index contributed by atoms with van der Waals surface area (Å²) in [6, 6.07) is 11.1. The maximum absolute atomic E-state index is 12.9. The lowest BCUT2D eigenvalue weighted by atomic mass is 9.97. The molecule has 0 aliphatic carbocycles. The Bertz CT molecular complexity index is 1150. The highest BCUT2D eigenvalue weighted by atomic mass is 32.1. The van der Waals surface area contributed by atoms with Crippen LogP contribution in [0.2, 0.25) is 0 Å². The lowest BCUT2D eigenvalue weighted by Crippen LogP contribution is -2.35. The number of rotatable bonds is 6. The molecule has 0 bridgehead atoms. The third-order valence-electron chi connectivity index (χ3n) is 6.38. The first-order valence-corrected chi connectivity index (χ1v) is 12.2. The van der Waals surface area contributed by atoms with Crippen molar-refractivity contribution in [2.24, 2.45) is 0 Å². The van der Waals surface area contributed by atoms with E-state index in [2.05, 4.69) is 26.9 Å². The summed E-state index contributed by atoms with van der Waals surface area (Å²) in [4.78, 5) is 12.9. The Morgan fingerprint density at radius 3 is 2.62 bits per heavy atom. The highest BCUT2D eigenvalue weighted by molar-refractivity contribution is 7.09. The highest BCUT2D eigenvalue weighted by Gasteiger charge is 2.34. The molecule has 1 saturated heterocycles. The summed E-state index contributed by atoms with van der Waals surface area (Å²) < 4.78 is 40.1.